The van der Waals surface area contributed by atoms with Crippen LogP contribution < -0.4 is 11.1 Å². The molecule has 0 radical (unpaired) electrons. The van der Waals surface area contributed by atoms with Crippen LogP contribution in [0, 0.1) is 11.6 Å². The molecule has 106 valence electrons. The first-order chi connectivity index (χ1) is 9.51. The van der Waals surface area contributed by atoms with Crippen LogP contribution in [0.15, 0.2) is 22.8 Å². The Bertz CT molecular complexity index is 622. The molecule has 3 N–H and O–H groups in total. The minimum atomic E-state index is -0.889. The van der Waals surface area contributed by atoms with Gasteiger partial charge in [-0.15, -0.1) is 5.10 Å². The van der Waals surface area contributed by atoms with E-state index in [2.05, 4.69) is 31.6 Å². The van der Waals surface area contributed by atoms with Crippen molar-refractivity contribution in [3.63, 3.8) is 0 Å². The summed E-state index contributed by atoms with van der Waals surface area (Å²) in [6.45, 7) is 0.724. The van der Waals surface area contributed by atoms with Crippen LogP contribution in [0.25, 0.3) is 0 Å². The number of halogens is 3. The standard InChI is InChI=1S/C11H10BrF2N5O/c12-6-3-7(13)10(8(14)4-6)16-11(20)9-5-19(2-1-15)18-17-9/h3-5H,1-2,15H2,(H,16,20). The van der Waals surface area contributed by atoms with E-state index in [-0.39, 0.29) is 10.2 Å². The van der Waals surface area contributed by atoms with Crippen molar-refractivity contribution in [1.82, 2.24) is 15.0 Å². The summed E-state index contributed by atoms with van der Waals surface area (Å²) in [7, 11) is 0. The maximum absolute atomic E-state index is 13.6. The highest BCUT2D eigenvalue weighted by Crippen LogP contribution is 2.24. The van der Waals surface area contributed by atoms with Crippen LogP contribution in [0.4, 0.5) is 14.5 Å². The van der Waals surface area contributed by atoms with Gasteiger partial charge in [-0.3, -0.25) is 9.48 Å². The molecule has 0 aliphatic rings. The van der Waals surface area contributed by atoms with Gasteiger partial charge in [0.15, 0.2) is 17.3 Å². The van der Waals surface area contributed by atoms with Gasteiger partial charge in [-0.05, 0) is 12.1 Å². The van der Waals surface area contributed by atoms with E-state index in [4.69, 9.17) is 5.73 Å². The van der Waals surface area contributed by atoms with Gasteiger partial charge in [0, 0.05) is 11.0 Å². The third kappa shape index (κ3) is 3.17. The molecule has 0 saturated carbocycles. The van der Waals surface area contributed by atoms with E-state index in [9.17, 15) is 13.6 Å². The molecule has 0 unspecified atom stereocenters. The summed E-state index contributed by atoms with van der Waals surface area (Å²) in [6.07, 6.45) is 1.34. The smallest absolute Gasteiger partial charge is 0.277 e. The summed E-state index contributed by atoms with van der Waals surface area (Å²) in [6, 6.07) is 2.09. The number of nitrogens with two attached hydrogens (primary N) is 1. The summed E-state index contributed by atoms with van der Waals surface area (Å²) in [5.41, 5.74) is 4.74. The van der Waals surface area contributed by atoms with Crippen molar-refractivity contribution in [3.8, 4) is 0 Å². The number of hydrogen-bond donors (Lipinski definition) is 2. The van der Waals surface area contributed by atoms with Gasteiger partial charge in [0.2, 0.25) is 0 Å². The number of aromatic nitrogens is 3. The van der Waals surface area contributed by atoms with E-state index in [1.807, 2.05) is 0 Å². The molecule has 20 heavy (non-hydrogen) atoms. The third-order valence-electron chi connectivity index (χ3n) is 2.37. The first-order valence-electron chi connectivity index (χ1n) is 5.57. The first-order valence-corrected chi connectivity index (χ1v) is 6.36. The van der Waals surface area contributed by atoms with E-state index in [1.54, 1.807) is 0 Å². The van der Waals surface area contributed by atoms with Crippen molar-refractivity contribution in [2.75, 3.05) is 11.9 Å². The molecular weight excluding hydrogens is 336 g/mol. The van der Waals surface area contributed by atoms with E-state index in [0.29, 0.717) is 13.1 Å². The highest BCUT2D eigenvalue weighted by molar-refractivity contribution is 9.10. The molecule has 6 nitrogen and oxygen atoms in total. The second-order valence-electron chi connectivity index (χ2n) is 3.85. The molecule has 2 rings (SSSR count). The molecule has 0 fully saturated rings. The average molecular weight is 346 g/mol. The van der Waals surface area contributed by atoms with Crippen LogP contribution in [-0.2, 0) is 6.54 Å². The number of carbonyl (C=O) groups excluding carboxylic acids is 1. The van der Waals surface area contributed by atoms with Crippen LogP contribution in [0.2, 0.25) is 0 Å². The lowest BCUT2D eigenvalue weighted by Gasteiger charge is -2.06. The maximum Gasteiger partial charge on any atom is 0.277 e. The average Bonchev–Trinajstić information content (AvgIpc) is 2.82. The van der Waals surface area contributed by atoms with Gasteiger partial charge >= 0.3 is 0 Å². The second-order valence-corrected chi connectivity index (χ2v) is 4.77. The normalized spacial score (nSPS) is 10.6. The fourth-order valence-electron chi connectivity index (χ4n) is 1.48. The van der Waals surface area contributed by atoms with Crippen molar-refractivity contribution in [1.29, 1.82) is 0 Å². The van der Waals surface area contributed by atoms with Crippen molar-refractivity contribution in [2.45, 2.75) is 6.54 Å². The molecule has 9 heteroatoms. The Morgan fingerprint density at radius 1 is 1.40 bits per heavy atom. The molecule has 1 aromatic carbocycles. The van der Waals surface area contributed by atoms with Crippen LogP contribution >= 0.6 is 15.9 Å². The summed E-state index contributed by atoms with van der Waals surface area (Å²) in [5, 5.41) is 9.38. The number of carbonyl (C=O) groups is 1. The Morgan fingerprint density at radius 3 is 2.65 bits per heavy atom. The number of anilines is 1. The molecule has 1 amide bonds. The molecule has 0 aliphatic heterocycles. The lowest BCUT2D eigenvalue weighted by Crippen LogP contribution is -2.15. The fraction of sp³-hybridized carbons (Fsp3) is 0.182. The first kappa shape index (κ1) is 14.5. The van der Waals surface area contributed by atoms with Crippen LogP contribution in [0.1, 0.15) is 10.5 Å². The minimum absolute atomic E-state index is 0.0554. The zero-order valence-electron chi connectivity index (χ0n) is 10.1. The van der Waals surface area contributed by atoms with Gasteiger partial charge < -0.3 is 11.1 Å². The molecule has 0 atom stereocenters. The maximum atomic E-state index is 13.6. The number of rotatable bonds is 4. The van der Waals surface area contributed by atoms with E-state index in [1.165, 1.54) is 10.9 Å². The molecule has 1 aromatic heterocycles. The number of amides is 1. The highest BCUT2D eigenvalue weighted by Gasteiger charge is 2.17. The molecule has 1 heterocycles. The molecule has 0 saturated heterocycles. The largest absolute Gasteiger partial charge is 0.329 e. The van der Waals surface area contributed by atoms with Crippen LogP contribution in [0.5, 0.6) is 0 Å². The van der Waals surface area contributed by atoms with Gasteiger partial charge in [-0.1, -0.05) is 21.1 Å². The summed E-state index contributed by atoms with van der Waals surface area (Å²) >= 11 is 2.95. The SMILES string of the molecule is NCCn1cc(C(=O)Nc2c(F)cc(Br)cc2F)nn1. The van der Waals surface area contributed by atoms with Crippen LogP contribution in [0.3, 0.4) is 0 Å². The van der Waals surface area contributed by atoms with Crippen molar-refractivity contribution >= 4 is 27.5 Å². The fourth-order valence-corrected chi connectivity index (χ4v) is 1.89. The van der Waals surface area contributed by atoms with Gasteiger partial charge in [0.25, 0.3) is 5.91 Å². The highest BCUT2D eigenvalue weighted by atomic mass is 79.9. The monoisotopic (exact) mass is 345 g/mol. The zero-order valence-corrected chi connectivity index (χ0v) is 11.7. The molecular formula is C11H10BrF2N5O. The number of nitrogens with zero attached hydrogens (tertiary/aromatic N) is 3. The van der Waals surface area contributed by atoms with Gasteiger partial charge in [0.1, 0.15) is 5.69 Å². The Balaban J connectivity index is 2.19. The summed E-state index contributed by atoms with van der Waals surface area (Å²) < 4.78 is 28.7. The predicted octanol–water partition coefficient (Wildman–Crippen LogP) is 1.53. The van der Waals surface area contributed by atoms with Crippen LogP contribution in [-0.4, -0.2) is 27.4 Å². The van der Waals surface area contributed by atoms with E-state index >= 15 is 0 Å². The number of nitrogens with one attached hydrogen (secondary N) is 1. The van der Waals surface area contributed by atoms with Gasteiger partial charge in [-0.2, -0.15) is 0 Å². The quantitative estimate of drug-likeness (QED) is 0.879. The Labute approximate surface area is 121 Å². The summed E-state index contributed by atoms with van der Waals surface area (Å²) in [5.74, 6) is -2.53. The zero-order chi connectivity index (χ0) is 14.7. The Kier molecular flexibility index (Phi) is 4.40. The molecule has 2 aromatic rings. The van der Waals surface area contributed by atoms with Crippen molar-refractivity contribution in [3.05, 3.63) is 40.1 Å². The minimum Gasteiger partial charge on any atom is -0.329 e. The summed E-state index contributed by atoms with van der Waals surface area (Å²) in [4.78, 5) is 11.8. The number of hydrogen-bond acceptors (Lipinski definition) is 4. The van der Waals surface area contributed by atoms with Crippen molar-refractivity contribution in [2.24, 2.45) is 5.73 Å². The third-order valence-corrected chi connectivity index (χ3v) is 2.83. The molecule has 0 bridgehead atoms. The van der Waals surface area contributed by atoms with Gasteiger partial charge in [-0.25, -0.2) is 8.78 Å². The lowest BCUT2D eigenvalue weighted by molar-refractivity contribution is 0.102. The topological polar surface area (TPSA) is 85.8 Å². The van der Waals surface area contributed by atoms with E-state index in [0.717, 1.165) is 12.1 Å². The molecule has 0 spiro atoms. The Morgan fingerprint density at radius 2 is 2.05 bits per heavy atom. The van der Waals surface area contributed by atoms with Crippen molar-refractivity contribution < 1.29 is 13.6 Å². The second kappa shape index (κ2) is 6.06. The lowest BCUT2D eigenvalue weighted by atomic mass is 10.3. The Hall–Kier alpha value is -1.87. The van der Waals surface area contributed by atoms with Gasteiger partial charge in [0.05, 0.1) is 12.7 Å². The number of benzene rings is 1. The molecule has 0 aliphatic carbocycles. The van der Waals surface area contributed by atoms with E-state index < -0.39 is 23.2 Å². The predicted molar refractivity (Wildman–Crippen MR) is 71.1 cm³/mol.